The molecule has 0 aliphatic heterocycles. The van der Waals surface area contributed by atoms with Gasteiger partial charge in [0.1, 0.15) is 0 Å². The number of halogens is 1. The molecule has 0 aliphatic rings. The second-order valence-corrected chi connectivity index (χ2v) is 6.87. The number of carbonyl (C=O) groups is 1. The second-order valence-electron chi connectivity index (χ2n) is 5.47. The minimum absolute atomic E-state index is 0.0846. The molecule has 132 valence electrons. The van der Waals surface area contributed by atoms with Crippen LogP contribution in [0.2, 0.25) is 5.02 Å². The van der Waals surface area contributed by atoms with Crippen LogP contribution in [0.25, 0.3) is 11.3 Å². The van der Waals surface area contributed by atoms with Crippen LogP contribution < -0.4 is 10.9 Å². The summed E-state index contributed by atoms with van der Waals surface area (Å²) in [5.41, 5.74) is 2.15. The predicted octanol–water partition coefficient (Wildman–Crippen LogP) is 3.52. The Hall–Kier alpha value is -2.64. The lowest BCUT2D eigenvalue weighted by atomic mass is 10.2. The summed E-state index contributed by atoms with van der Waals surface area (Å²) in [4.78, 5) is 26.9. The van der Waals surface area contributed by atoms with E-state index in [9.17, 15) is 9.59 Å². The van der Waals surface area contributed by atoms with Gasteiger partial charge in [-0.2, -0.15) is 0 Å². The van der Waals surface area contributed by atoms with Gasteiger partial charge in [0.2, 0.25) is 5.91 Å². The molecule has 2 N–H and O–H groups in total. The second kappa shape index (κ2) is 8.16. The van der Waals surface area contributed by atoms with Gasteiger partial charge < -0.3 is 5.32 Å². The number of nitrogens with one attached hydrogen (secondary N) is 2. The predicted molar refractivity (Wildman–Crippen MR) is 104 cm³/mol. The van der Waals surface area contributed by atoms with Gasteiger partial charge in [0.25, 0.3) is 5.56 Å². The highest BCUT2D eigenvalue weighted by molar-refractivity contribution is 7.99. The Bertz CT molecular complexity index is 992. The zero-order valence-electron chi connectivity index (χ0n) is 13.8. The van der Waals surface area contributed by atoms with E-state index < -0.39 is 0 Å². The highest BCUT2D eigenvalue weighted by Gasteiger charge is 2.10. The van der Waals surface area contributed by atoms with Gasteiger partial charge in [-0.3, -0.25) is 14.6 Å². The molecule has 1 heterocycles. The Morgan fingerprint density at radius 1 is 1.19 bits per heavy atom. The van der Waals surface area contributed by atoms with Crippen LogP contribution in [0, 0.1) is 6.92 Å². The fraction of sp³-hybridized carbons (Fsp3) is 0.111. The average molecular weight is 387 g/mol. The quantitative estimate of drug-likeness (QED) is 0.655. The molecule has 0 aliphatic carbocycles. The molecule has 0 radical (unpaired) electrons. The van der Waals surface area contributed by atoms with Crippen LogP contribution in [0.5, 0.6) is 0 Å². The summed E-state index contributed by atoms with van der Waals surface area (Å²) in [6.07, 6.45) is 0. The SMILES string of the molecule is Cc1ccc(Cl)cc1NC(=O)CSc1nnc(-c2ccccc2)c(=O)[nH]1. The Labute approximate surface area is 159 Å². The van der Waals surface area contributed by atoms with E-state index in [-0.39, 0.29) is 28.1 Å². The molecule has 0 saturated carbocycles. The zero-order valence-corrected chi connectivity index (χ0v) is 15.4. The number of aryl methyl sites for hydroxylation is 1. The van der Waals surface area contributed by atoms with Crippen molar-refractivity contribution in [2.45, 2.75) is 12.1 Å². The van der Waals surface area contributed by atoms with Crippen molar-refractivity contribution in [2.75, 3.05) is 11.1 Å². The fourth-order valence-electron chi connectivity index (χ4n) is 2.22. The maximum absolute atomic E-state index is 12.2. The maximum Gasteiger partial charge on any atom is 0.278 e. The molecule has 0 saturated heterocycles. The van der Waals surface area contributed by atoms with Gasteiger partial charge in [0, 0.05) is 16.3 Å². The molecule has 1 aromatic heterocycles. The van der Waals surface area contributed by atoms with E-state index in [0.29, 0.717) is 16.3 Å². The number of rotatable bonds is 5. The first-order valence-corrected chi connectivity index (χ1v) is 9.10. The van der Waals surface area contributed by atoms with Gasteiger partial charge >= 0.3 is 0 Å². The Morgan fingerprint density at radius 3 is 2.69 bits per heavy atom. The number of H-pyrrole nitrogens is 1. The van der Waals surface area contributed by atoms with Crippen molar-refractivity contribution >= 4 is 35.0 Å². The molecular weight excluding hydrogens is 372 g/mol. The van der Waals surface area contributed by atoms with Gasteiger partial charge in [-0.15, -0.1) is 10.2 Å². The molecule has 3 aromatic rings. The molecule has 3 rings (SSSR count). The van der Waals surface area contributed by atoms with Crippen LogP contribution in [-0.2, 0) is 4.79 Å². The number of thioether (sulfide) groups is 1. The van der Waals surface area contributed by atoms with Crippen molar-refractivity contribution < 1.29 is 4.79 Å². The molecule has 26 heavy (non-hydrogen) atoms. The number of amides is 1. The van der Waals surface area contributed by atoms with Crippen LogP contribution in [0.1, 0.15) is 5.56 Å². The zero-order chi connectivity index (χ0) is 18.5. The minimum atomic E-state index is -0.347. The van der Waals surface area contributed by atoms with Crippen molar-refractivity contribution in [3.8, 4) is 11.3 Å². The van der Waals surface area contributed by atoms with Crippen molar-refractivity contribution in [1.82, 2.24) is 15.2 Å². The van der Waals surface area contributed by atoms with Crippen molar-refractivity contribution in [3.63, 3.8) is 0 Å². The van der Waals surface area contributed by atoms with Crippen LogP contribution in [0.3, 0.4) is 0 Å². The summed E-state index contributed by atoms with van der Waals surface area (Å²) in [5, 5.41) is 11.6. The van der Waals surface area contributed by atoms with E-state index in [2.05, 4.69) is 20.5 Å². The third-order valence-electron chi connectivity index (χ3n) is 3.54. The molecule has 6 nitrogen and oxygen atoms in total. The smallest absolute Gasteiger partial charge is 0.278 e. The number of hydrogen-bond donors (Lipinski definition) is 2. The summed E-state index contributed by atoms with van der Waals surface area (Å²) < 4.78 is 0. The van der Waals surface area contributed by atoms with Gasteiger partial charge in [-0.05, 0) is 24.6 Å². The van der Waals surface area contributed by atoms with Crippen LogP contribution in [0.15, 0.2) is 58.5 Å². The van der Waals surface area contributed by atoms with E-state index >= 15 is 0 Å². The third-order valence-corrected chi connectivity index (χ3v) is 4.64. The molecule has 8 heteroatoms. The number of aromatic amines is 1. The first kappa shape index (κ1) is 18.2. The van der Waals surface area contributed by atoms with E-state index in [1.807, 2.05) is 31.2 Å². The summed E-state index contributed by atoms with van der Waals surface area (Å²) >= 11 is 7.04. The minimum Gasteiger partial charge on any atom is -0.325 e. The highest BCUT2D eigenvalue weighted by atomic mass is 35.5. The topological polar surface area (TPSA) is 87.7 Å². The number of benzene rings is 2. The van der Waals surface area contributed by atoms with Crippen LogP contribution in [0.4, 0.5) is 5.69 Å². The van der Waals surface area contributed by atoms with E-state index in [1.165, 1.54) is 0 Å². The summed E-state index contributed by atoms with van der Waals surface area (Å²) in [5.74, 6) is -0.142. The third kappa shape index (κ3) is 4.50. The number of anilines is 1. The van der Waals surface area contributed by atoms with Crippen molar-refractivity contribution in [1.29, 1.82) is 0 Å². The standard InChI is InChI=1S/C18H15ClN4O2S/c1-11-7-8-13(19)9-14(11)20-15(24)10-26-18-21-17(25)16(22-23-18)12-5-3-2-4-6-12/h2-9H,10H2,1H3,(H,20,24)(H,21,23,25). The highest BCUT2D eigenvalue weighted by Crippen LogP contribution is 2.21. The molecule has 0 unspecified atom stereocenters. The van der Waals surface area contributed by atoms with Crippen LogP contribution in [-0.4, -0.2) is 26.8 Å². The van der Waals surface area contributed by atoms with E-state index in [1.54, 1.807) is 24.3 Å². The molecule has 0 fully saturated rings. The maximum atomic E-state index is 12.2. The summed E-state index contributed by atoms with van der Waals surface area (Å²) in [6, 6.07) is 14.3. The first-order chi connectivity index (χ1) is 12.5. The average Bonchev–Trinajstić information content (AvgIpc) is 2.64. The fourth-order valence-corrected chi connectivity index (χ4v) is 3.00. The van der Waals surface area contributed by atoms with Gasteiger partial charge in [-0.25, -0.2) is 0 Å². The molecule has 1 amide bonds. The Kier molecular flexibility index (Phi) is 5.70. The number of nitrogens with zero attached hydrogens (tertiary/aromatic N) is 2. The summed E-state index contributed by atoms with van der Waals surface area (Å²) in [6.45, 7) is 1.88. The normalized spacial score (nSPS) is 10.5. The van der Waals surface area contributed by atoms with E-state index in [0.717, 1.165) is 17.3 Å². The molecule has 0 spiro atoms. The van der Waals surface area contributed by atoms with E-state index in [4.69, 9.17) is 11.6 Å². The monoisotopic (exact) mass is 386 g/mol. The number of hydrogen-bond acceptors (Lipinski definition) is 5. The van der Waals surface area contributed by atoms with Crippen LogP contribution >= 0.6 is 23.4 Å². The largest absolute Gasteiger partial charge is 0.325 e. The van der Waals surface area contributed by atoms with Crippen molar-refractivity contribution in [3.05, 3.63) is 69.5 Å². The Balaban J connectivity index is 1.65. The lowest BCUT2D eigenvalue weighted by Gasteiger charge is -2.08. The molecular formula is C18H15ClN4O2S. The number of carbonyl (C=O) groups excluding carboxylic acids is 1. The van der Waals surface area contributed by atoms with Crippen molar-refractivity contribution in [2.24, 2.45) is 0 Å². The lowest BCUT2D eigenvalue weighted by molar-refractivity contribution is -0.113. The summed E-state index contributed by atoms with van der Waals surface area (Å²) in [7, 11) is 0. The molecule has 2 aromatic carbocycles. The van der Waals surface area contributed by atoms with Gasteiger partial charge in [-0.1, -0.05) is 59.8 Å². The lowest BCUT2D eigenvalue weighted by Crippen LogP contribution is -2.17. The first-order valence-electron chi connectivity index (χ1n) is 7.74. The molecule has 0 atom stereocenters. The van der Waals surface area contributed by atoms with Gasteiger partial charge in [0.15, 0.2) is 10.9 Å². The number of aromatic nitrogens is 3. The molecule has 0 bridgehead atoms. The Morgan fingerprint density at radius 2 is 1.96 bits per heavy atom. The van der Waals surface area contributed by atoms with Gasteiger partial charge in [0.05, 0.1) is 5.75 Å².